The summed E-state index contributed by atoms with van der Waals surface area (Å²) in [6, 6.07) is 0. The Morgan fingerprint density at radius 3 is 2.50 bits per heavy atom. The van der Waals surface area contributed by atoms with E-state index in [0.29, 0.717) is 6.42 Å². The van der Waals surface area contributed by atoms with E-state index in [0.717, 1.165) is 42.1 Å². The van der Waals surface area contributed by atoms with E-state index in [2.05, 4.69) is 18.9 Å². The number of halogens is 1. The van der Waals surface area contributed by atoms with E-state index in [1.54, 1.807) is 0 Å². The zero-order valence-corrected chi connectivity index (χ0v) is 12.5. The topological polar surface area (TPSA) is 38.0 Å². The Balaban J connectivity index is 2.32. The van der Waals surface area contributed by atoms with Crippen LogP contribution in [0.2, 0.25) is 5.02 Å². The third-order valence-corrected chi connectivity index (χ3v) is 5.05. The highest BCUT2D eigenvalue weighted by Crippen LogP contribution is 2.48. The minimum absolute atomic E-state index is 0.0486. The summed E-state index contributed by atoms with van der Waals surface area (Å²) < 4.78 is 1.83. The minimum Gasteiger partial charge on any atom is -0.389 e. The summed E-state index contributed by atoms with van der Waals surface area (Å²) >= 11 is 6.37. The standard InChI is InChI=1S/C14H23ClN2O/c1-5-10-12(15)11(17(4)16-10)9-14(18)8-6-7-13(14,2)3/h18H,5-9H2,1-4H3. The summed E-state index contributed by atoms with van der Waals surface area (Å²) in [7, 11) is 1.91. The van der Waals surface area contributed by atoms with E-state index in [1.165, 1.54) is 0 Å². The van der Waals surface area contributed by atoms with E-state index in [-0.39, 0.29) is 5.41 Å². The van der Waals surface area contributed by atoms with Crippen LogP contribution in [-0.4, -0.2) is 20.5 Å². The first-order chi connectivity index (χ1) is 8.31. The molecular formula is C14H23ClN2O. The lowest BCUT2D eigenvalue weighted by Crippen LogP contribution is -2.42. The third-order valence-electron chi connectivity index (χ3n) is 4.61. The van der Waals surface area contributed by atoms with Crippen molar-refractivity contribution in [1.29, 1.82) is 0 Å². The van der Waals surface area contributed by atoms with E-state index in [4.69, 9.17) is 11.6 Å². The van der Waals surface area contributed by atoms with Crippen molar-refractivity contribution in [2.75, 3.05) is 0 Å². The fourth-order valence-corrected chi connectivity index (χ4v) is 3.37. The maximum atomic E-state index is 10.9. The van der Waals surface area contributed by atoms with Gasteiger partial charge in [0, 0.05) is 13.5 Å². The normalized spacial score (nSPS) is 26.8. The van der Waals surface area contributed by atoms with Crippen LogP contribution < -0.4 is 0 Å². The number of aliphatic hydroxyl groups is 1. The highest BCUT2D eigenvalue weighted by atomic mass is 35.5. The van der Waals surface area contributed by atoms with Gasteiger partial charge in [-0.25, -0.2) is 0 Å². The molecule has 1 aromatic heterocycles. The maximum Gasteiger partial charge on any atom is 0.0850 e. The van der Waals surface area contributed by atoms with Gasteiger partial charge in [-0.05, 0) is 31.1 Å². The van der Waals surface area contributed by atoms with Crippen molar-refractivity contribution in [3.05, 3.63) is 16.4 Å². The van der Waals surface area contributed by atoms with E-state index in [1.807, 2.05) is 18.7 Å². The predicted molar refractivity (Wildman–Crippen MR) is 73.9 cm³/mol. The molecule has 4 heteroatoms. The molecule has 0 saturated heterocycles. The van der Waals surface area contributed by atoms with Crippen molar-refractivity contribution in [2.45, 2.75) is 58.5 Å². The van der Waals surface area contributed by atoms with Gasteiger partial charge in [0.15, 0.2) is 0 Å². The molecule has 1 aliphatic carbocycles. The minimum atomic E-state index is -0.657. The summed E-state index contributed by atoms with van der Waals surface area (Å²) in [5, 5.41) is 16.1. The van der Waals surface area contributed by atoms with Crippen LogP contribution in [-0.2, 0) is 19.9 Å². The molecule has 1 unspecified atom stereocenters. The van der Waals surface area contributed by atoms with Gasteiger partial charge in [-0.3, -0.25) is 4.68 Å². The van der Waals surface area contributed by atoms with Crippen LogP contribution in [0.1, 0.15) is 51.4 Å². The smallest absolute Gasteiger partial charge is 0.0850 e. The summed E-state index contributed by atoms with van der Waals surface area (Å²) in [5.74, 6) is 0. The molecule has 1 N–H and O–H groups in total. The molecule has 1 atom stereocenters. The lowest BCUT2D eigenvalue weighted by atomic mass is 9.75. The van der Waals surface area contributed by atoms with Gasteiger partial charge in [-0.1, -0.05) is 32.4 Å². The first-order valence-corrected chi connectivity index (χ1v) is 7.11. The van der Waals surface area contributed by atoms with E-state index in [9.17, 15) is 5.11 Å². The molecule has 1 heterocycles. The Morgan fingerprint density at radius 2 is 2.06 bits per heavy atom. The molecule has 1 saturated carbocycles. The fourth-order valence-electron chi connectivity index (χ4n) is 3.01. The van der Waals surface area contributed by atoms with Crippen LogP contribution in [0.3, 0.4) is 0 Å². The average Bonchev–Trinajstić information content (AvgIpc) is 2.70. The van der Waals surface area contributed by atoms with E-state index >= 15 is 0 Å². The van der Waals surface area contributed by atoms with Gasteiger partial charge < -0.3 is 5.11 Å². The molecule has 0 aliphatic heterocycles. The second-order valence-electron chi connectivity index (χ2n) is 6.13. The number of hydrogen-bond donors (Lipinski definition) is 1. The molecule has 0 aromatic carbocycles. The zero-order valence-electron chi connectivity index (χ0n) is 11.8. The molecule has 0 radical (unpaired) electrons. The van der Waals surface area contributed by atoms with Crippen molar-refractivity contribution in [3.8, 4) is 0 Å². The Hall–Kier alpha value is -0.540. The maximum absolute atomic E-state index is 10.9. The molecule has 0 bridgehead atoms. The van der Waals surface area contributed by atoms with Crippen molar-refractivity contribution < 1.29 is 5.11 Å². The molecule has 2 rings (SSSR count). The number of aromatic nitrogens is 2. The summed E-state index contributed by atoms with van der Waals surface area (Å²) in [5.41, 5.74) is 1.18. The average molecular weight is 271 g/mol. The Labute approximate surface area is 114 Å². The third kappa shape index (κ3) is 2.08. The zero-order chi connectivity index (χ0) is 13.6. The lowest BCUT2D eigenvalue weighted by Gasteiger charge is -2.37. The first kappa shape index (κ1) is 13.9. The molecule has 18 heavy (non-hydrogen) atoms. The lowest BCUT2D eigenvalue weighted by molar-refractivity contribution is -0.0432. The number of hydrogen-bond acceptors (Lipinski definition) is 2. The molecule has 1 aliphatic rings. The second kappa shape index (κ2) is 4.53. The second-order valence-corrected chi connectivity index (χ2v) is 6.51. The molecule has 102 valence electrons. The molecule has 1 fully saturated rings. The van der Waals surface area contributed by atoms with Crippen LogP contribution in [0.5, 0.6) is 0 Å². The van der Waals surface area contributed by atoms with Crippen molar-refractivity contribution in [3.63, 3.8) is 0 Å². The van der Waals surface area contributed by atoms with Gasteiger partial charge in [0.1, 0.15) is 0 Å². The summed E-state index contributed by atoms with van der Waals surface area (Å²) in [6.07, 6.45) is 4.43. The van der Waals surface area contributed by atoms with Gasteiger partial charge in [0.05, 0.1) is 22.0 Å². The Kier molecular flexibility index (Phi) is 3.50. The van der Waals surface area contributed by atoms with Gasteiger partial charge >= 0.3 is 0 Å². The highest BCUT2D eigenvalue weighted by molar-refractivity contribution is 6.31. The first-order valence-electron chi connectivity index (χ1n) is 6.73. The number of rotatable bonds is 3. The molecule has 0 amide bonds. The molecule has 0 spiro atoms. The highest BCUT2D eigenvalue weighted by Gasteiger charge is 2.48. The van der Waals surface area contributed by atoms with E-state index < -0.39 is 5.60 Å². The Morgan fingerprint density at radius 1 is 1.39 bits per heavy atom. The van der Waals surface area contributed by atoms with Crippen LogP contribution in [0.25, 0.3) is 0 Å². The fraction of sp³-hybridized carbons (Fsp3) is 0.786. The van der Waals surface area contributed by atoms with Crippen LogP contribution in [0, 0.1) is 5.41 Å². The monoisotopic (exact) mass is 270 g/mol. The van der Waals surface area contributed by atoms with Gasteiger partial charge in [0.2, 0.25) is 0 Å². The molecular weight excluding hydrogens is 248 g/mol. The van der Waals surface area contributed by atoms with Gasteiger partial charge in [-0.15, -0.1) is 0 Å². The van der Waals surface area contributed by atoms with Crippen molar-refractivity contribution in [2.24, 2.45) is 12.5 Å². The van der Waals surface area contributed by atoms with Crippen molar-refractivity contribution >= 4 is 11.6 Å². The van der Waals surface area contributed by atoms with Crippen LogP contribution in [0.15, 0.2) is 0 Å². The SMILES string of the molecule is CCc1nn(C)c(CC2(O)CCCC2(C)C)c1Cl. The predicted octanol–water partition coefficient (Wildman–Crippen LogP) is 3.12. The summed E-state index contributed by atoms with van der Waals surface area (Å²) in [4.78, 5) is 0. The van der Waals surface area contributed by atoms with Gasteiger partial charge in [-0.2, -0.15) is 5.10 Å². The van der Waals surface area contributed by atoms with Gasteiger partial charge in [0.25, 0.3) is 0 Å². The Bertz CT molecular complexity index is 453. The number of aryl methyl sites for hydroxylation is 2. The van der Waals surface area contributed by atoms with Crippen LogP contribution in [0.4, 0.5) is 0 Å². The molecule has 1 aromatic rings. The molecule has 3 nitrogen and oxygen atoms in total. The quantitative estimate of drug-likeness (QED) is 0.916. The largest absolute Gasteiger partial charge is 0.389 e. The summed E-state index contributed by atoms with van der Waals surface area (Å²) in [6.45, 7) is 6.34. The van der Waals surface area contributed by atoms with Crippen LogP contribution >= 0.6 is 11.6 Å². The number of nitrogens with zero attached hydrogens (tertiary/aromatic N) is 2. The van der Waals surface area contributed by atoms with Crippen molar-refractivity contribution in [1.82, 2.24) is 9.78 Å².